The Balaban J connectivity index is 3.01. The molecule has 0 unspecified atom stereocenters. The maximum absolute atomic E-state index is 12.2. The van der Waals surface area contributed by atoms with Crippen LogP contribution in [0.3, 0.4) is 0 Å². The summed E-state index contributed by atoms with van der Waals surface area (Å²) in [4.78, 5) is 3.42. The molecule has 1 heterocycles. The minimum Gasteiger partial charge on any atom is -0.395 e. The zero-order valence-electron chi connectivity index (χ0n) is 6.92. The highest BCUT2D eigenvalue weighted by molar-refractivity contribution is 14.1. The maximum atomic E-state index is 12.2. The average molecular weight is 317 g/mol. The van der Waals surface area contributed by atoms with Gasteiger partial charge in [-0.3, -0.25) is 0 Å². The number of hydrogen-bond donors (Lipinski definition) is 1. The summed E-state index contributed by atoms with van der Waals surface area (Å²) in [5.41, 5.74) is -0.687. The van der Waals surface area contributed by atoms with Crippen LogP contribution < -0.4 is 0 Å². The van der Waals surface area contributed by atoms with Gasteiger partial charge in [0.2, 0.25) is 0 Å². The first-order chi connectivity index (χ1) is 6.45. The third kappa shape index (κ3) is 2.81. The van der Waals surface area contributed by atoms with Crippen LogP contribution in [0.5, 0.6) is 0 Å². The molecule has 1 rings (SSSR count). The summed E-state index contributed by atoms with van der Waals surface area (Å²) in [6.07, 6.45) is -4.43. The van der Waals surface area contributed by atoms with E-state index in [0.717, 1.165) is 6.07 Å². The Hall–Kier alpha value is -0.370. The number of nitrogens with zero attached hydrogens (tertiary/aromatic N) is 1. The number of halogens is 4. The second-order valence-electron chi connectivity index (χ2n) is 2.60. The summed E-state index contributed by atoms with van der Waals surface area (Å²) in [5, 5.41) is 8.75. The van der Waals surface area contributed by atoms with Crippen molar-refractivity contribution in [3.8, 4) is 0 Å². The van der Waals surface area contributed by atoms with Gasteiger partial charge >= 0.3 is 6.18 Å². The van der Waals surface area contributed by atoms with Crippen LogP contribution in [-0.4, -0.2) is 16.7 Å². The molecular formula is C8H7F3INO. The van der Waals surface area contributed by atoms with E-state index in [1.54, 1.807) is 0 Å². The van der Waals surface area contributed by atoms with Crippen molar-refractivity contribution < 1.29 is 18.3 Å². The second-order valence-corrected chi connectivity index (χ2v) is 4.10. The molecule has 1 N–H and O–H groups in total. The first-order valence-electron chi connectivity index (χ1n) is 3.74. The lowest BCUT2D eigenvalue weighted by atomic mass is 10.2. The highest BCUT2D eigenvalue weighted by atomic mass is 127. The Morgan fingerprint density at radius 3 is 2.57 bits per heavy atom. The molecular weight excluding hydrogens is 310 g/mol. The molecule has 0 radical (unpaired) electrons. The molecule has 0 fully saturated rings. The first-order valence-corrected chi connectivity index (χ1v) is 4.99. The van der Waals surface area contributed by atoms with Crippen molar-refractivity contribution in [3.63, 3.8) is 0 Å². The van der Waals surface area contributed by atoms with Crippen LogP contribution in [0.1, 0.15) is 15.3 Å². The van der Waals surface area contributed by atoms with E-state index in [4.69, 9.17) is 5.11 Å². The van der Waals surface area contributed by atoms with E-state index in [0.29, 0.717) is 0 Å². The summed E-state index contributed by atoms with van der Waals surface area (Å²) >= 11 is 1.84. The van der Waals surface area contributed by atoms with E-state index in [-0.39, 0.29) is 12.3 Å². The van der Waals surface area contributed by atoms with Crippen molar-refractivity contribution in [1.29, 1.82) is 0 Å². The Morgan fingerprint density at radius 2 is 2.07 bits per heavy atom. The zero-order chi connectivity index (χ0) is 10.8. The number of rotatable bonds is 2. The van der Waals surface area contributed by atoms with Gasteiger partial charge in [0, 0.05) is 0 Å². The fraction of sp³-hybridized carbons (Fsp3) is 0.375. The molecule has 0 bridgehead atoms. The third-order valence-corrected chi connectivity index (χ3v) is 2.57. The molecule has 0 amide bonds. The van der Waals surface area contributed by atoms with Crippen LogP contribution in [0.2, 0.25) is 0 Å². The van der Waals surface area contributed by atoms with E-state index in [9.17, 15) is 13.2 Å². The van der Waals surface area contributed by atoms with Crippen molar-refractivity contribution >= 4 is 22.6 Å². The summed E-state index contributed by atoms with van der Waals surface area (Å²) in [5.74, 6) is 0. The Morgan fingerprint density at radius 1 is 1.43 bits per heavy atom. The van der Waals surface area contributed by atoms with E-state index in [1.807, 2.05) is 22.6 Å². The lowest BCUT2D eigenvalue weighted by molar-refractivity contribution is -0.141. The number of aliphatic hydroxyl groups excluding tert-OH is 1. The largest absolute Gasteiger partial charge is 0.433 e. The van der Waals surface area contributed by atoms with E-state index < -0.39 is 15.8 Å². The van der Waals surface area contributed by atoms with Crippen LogP contribution in [0, 0.1) is 0 Å². The fourth-order valence-corrected chi connectivity index (χ4v) is 1.22. The number of aromatic nitrogens is 1. The molecule has 0 saturated heterocycles. The van der Waals surface area contributed by atoms with Crippen LogP contribution in [0.25, 0.3) is 0 Å². The summed E-state index contributed by atoms with van der Waals surface area (Å²) < 4.78 is 36.2. The molecule has 78 valence electrons. The molecule has 14 heavy (non-hydrogen) atoms. The maximum Gasteiger partial charge on any atom is 0.433 e. The smallest absolute Gasteiger partial charge is 0.395 e. The van der Waals surface area contributed by atoms with Crippen molar-refractivity contribution in [3.05, 3.63) is 29.6 Å². The SMILES string of the molecule is OC[C@@H](I)c1cccc(C(F)(F)F)n1. The predicted molar refractivity (Wildman–Crippen MR) is 53.1 cm³/mol. The van der Waals surface area contributed by atoms with Gasteiger partial charge in [0.1, 0.15) is 5.69 Å². The Bertz CT molecular complexity index is 316. The number of pyridine rings is 1. The third-order valence-electron chi connectivity index (χ3n) is 1.54. The Kier molecular flexibility index (Phi) is 3.71. The van der Waals surface area contributed by atoms with Crippen molar-refractivity contribution in [2.45, 2.75) is 10.1 Å². The molecule has 0 spiro atoms. The fourth-order valence-electron chi connectivity index (χ4n) is 0.877. The molecule has 2 nitrogen and oxygen atoms in total. The summed E-state index contributed by atoms with van der Waals surface area (Å²) in [6, 6.07) is 3.65. The zero-order valence-corrected chi connectivity index (χ0v) is 9.08. The van der Waals surface area contributed by atoms with Crippen molar-refractivity contribution in [1.82, 2.24) is 4.98 Å². The normalized spacial score (nSPS) is 14.1. The lowest BCUT2D eigenvalue weighted by Crippen LogP contribution is -2.10. The number of aliphatic hydroxyl groups is 1. The molecule has 1 atom stereocenters. The standard InChI is InChI=1S/C8H7F3INO/c9-8(10,11)7-3-1-2-6(13-7)5(12)4-14/h1-3,5,14H,4H2/t5-/m1/s1. The summed E-state index contributed by atoms with van der Waals surface area (Å²) in [6.45, 7) is -0.227. The van der Waals surface area contributed by atoms with Crippen LogP contribution in [0.4, 0.5) is 13.2 Å². The van der Waals surface area contributed by atoms with E-state index >= 15 is 0 Å². The van der Waals surface area contributed by atoms with Gasteiger partial charge in [-0.25, -0.2) is 4.98 Å². The lowest BCUT2D eigenvalue weighted by Gasteiger charge is -2.09. The molecule has 0 aliphatic heterocycles. The molecule has 0 saturated carbocycles. The average Bonchev–Trinajstić information content (AvgIpc) is 2.15. The topological polar surface area (TPSA) is 33.1 Å². The van der Waals surface area contributed by atoms with Gasteiger partial charge in [-0.05, 0) is 12.1 Å². The van der Waals surface area contributed by atoms with Gasteiger partial charge in [0.15, 0.2) is 0 Å². The molecule has 6 heteroatoms. The Labute approximate surface area is 92.3 Å². The van der Waals surface area contributed by atoms with E-state index in [1.165, 1.54) is 12.1 Å². The highest BCUT2D eigenvalue weighted by Crippen LogP contribution is 2.29. The van der Waals surface area contributed by atoms with Gasteiger partial charge < -0.3 is 5.11 Å². The molecule has 0 aromatic carbocycles. The number of alkyl halides is 4. The van der Waals surface area contributed by atoms with Crippen LogP contribution >= 0.6 is 22.6 Å². The van der Waals surface area contributed by atoms with Gasteiger partial charge in [-0.1, -0.05) is 28.7 Å². The highest BCUT2D eigenvalue weighted by Gasteiger charge is 2.32. The van der Waals surface area contributed by atoms with Crippen LogP contribution in [-0.2, 0) is 6.18 Å². The van der Waals surface area contributed by atoms with Gasteiger partial charge in [-0.15, -0.1) is 0 Å². The second kappa shape index (κ2) is 4.43. The quantitative estimate of drug-likeness (QED) is 0.672. The van der Waals surface area contributed by atoms with Gasteiger partial charge in [0.05, 0.1) is 16.2 Å². The molecule has 0 aliphatic carbocycles. The summed E-state index contributed by atoms with van der Waals surface area (Å²) in [7, 11) is 0. The van der Waals surface area contributed by atoms with Gasteiger partial charge in [-0.2, -0.15) is 13.2 Å². The monoisotopic (exact) mass is 317 g/mol. The predicted octanol–water partition coefficient (Wildman–Crippen LogP) is 2.57. The van der Waals surface area contributed by atoms with Gasteiger partial charge in [0.25, 0.3) is 0 Å². The first kappa shape index (κ1) is 11.7. The molecule has 0 aliphatic rings. The number of hydrogen-bond acceptors (Lipinski definition) is 2. The van der Waals surface area contributed by atoms with E-state index in [2.05, 4.69) is 4.98 Å². The van der Waals surface area contributed by atoms with Crippen molar-refractivity contribution in [2.24, 2.45) is 0 Å². The molecule has 1 aromatic heterocycles. The van der Waals surface area contributed by atoms with Crippen LogP contribution in [0.15, 0.2) is 18.2 Å². The van der Waals surface area contributed by atoms with Crippen molar-refractivity contribution in [2.75, 3.05) is 6.61 Å². The minimum atomic E-state index is -4.43. The minimum absolute atomic E-state index is 0.227. The molecule has 1 aromatic rings.